The van der Waals surface area contributed by atoms with Crippen molar-refractivity contribution in [1.29, 1.82) is 0 Å². The number of carbonyl (C=O) groups is 1. The second-order valence-electron chi connectivity index (χ2n) is 8.29. The van der Waals surface area contributed by atoms with Crippen molar-refractivity contribution in [3.63, 3.8) is 0 Å². The van der Waals surface area contributed by atoms with Gasteiger partial charge in [0.1, 0.15) is 23.1 Å². The molecule has 0 aliphatic carbocycles. The fraction of sp³-hybridized carbons (Fsp3) is 0.240. The van der Waals surface area contributed by atoms with Crippen LogP contribution in [0.25, 0.3) is 11.1 Å². The van der Waals surface area contributed by atoms with Gasteiger partial charge in [0.15, 0.2) is 9.84 Å². The minimum absolute atomic E-state index is 0.0113. The van der Waals surface area contributed by atoms with Gasteiger partial charge >= 0.3 is 0 Å². The van der Waals surface area contributed by atoms with Gasteiger partial charge in [-0.1, -0.05) is 18.2 Å². The van der Waals surface area contributed by atoms with E-state index >= 15 is 0 Å². The number of amides is 1. The first-order valence-corrected chi connectivity index (χ1v) is 12.4. The van der Waals surface area contributed by atoms with Gasteiger partial charge in [0, 0.05) is 29.6 Å². The van der Waals surface area contributed by atoms with E-state index < -0.39 is 20.5 Å². The number of nitrogens with zero attached hydrogens (tertiary/aromatic N) is 1. The van der Waals surface area contributed by atoms with Crippen LogP contribution in [0.1, 0.15) is 27.0 Å². The van der Waals surface area contributed by atoms with Crippen molar-refractivity contribution in [3.8, 4) is 16.9 Å². The molecule has 0 spiro atoms. The van der Waals surface area contributed by atoms with E-state index in [1.54, 1.807) is 4.90 Å². The summed E-state index contributed by atoms with van der Waals surface area (Å²) in [4.78, 5) is 14.4. The first-order valence-electron chi connectivity index (χ1n) is 10.5. The summed E-state index contributed by atoms with van der Waals surface area (Å²) in [5.74, 6) is -0.591. The molecule has 2 N–H and O–H groups in total. The molecule has 0 fully saturated rings. The number of benzene rings is 3. The van der Waals surface area contributed by atoms with Crippen molar-refractivity contribution in [2.45, 2.75) is 25.3 Å². The molecule has 0 saturated heterocycles. The molecule has 8 heteroatoms. The molecule has 0 atom stereocenters. The van der Waals surface area contributed by atoms with Crippen LogP contribution in [-0.4, -0.2) is 38.6 Å². The van der Waals surface area contributed by atoms with Gasteiger partial charge in [-0.05, 0) is 66.4 Å². The first-order chi connectivity index (χ1) is 15.6. The Morgan fingerprint density at radius 3 is 2.45 bits per heavy atom. The van der Waals surface area contributed by atoms with Crippen LogP contribution < -0.4 is 10.5 Å². The Balaban J connectivity index is 1.67. The van der Waals surface area contributed by atoms with Gasteiger partial charge in [-0.3, -0.25) is 4.79 Å². The lowest BCUT2D eigenvalue weighted by molar-refractivity contribution is 0.0731. The van der Waals surface area contributed by atoms with Crippen molar-refractivity contribution in [1.82, 2.24) is 4.90 Å². The molecule has 3 aromatic rings. The van der Waals surface area contributed by atoms with Crippen LogP contribution >= 0.6 is 0 Å². The van der Waals surface area contributed by atoms with Gasteiger partial charge in [-0.15, -0.1) is 0 Å². The zero-order chi connectivity index (χ0) is 23.9. The van der Waals surface area contributed by atoms with E-state index in [0.717, 1.165) is 34.6 Å². The summed E-state index contributed by atoms with van der Waals surface area (Å²) >= 11 is 0. The average molecular weight is 469 g/mol. The number of carbonyl (C=O) groups excluding carboxylic acids is 1. The van der Waals surface area contributed by atoms with E-state index in [4.69, 9.17) is 10.5 Å². The number of nitrogen functional groups attached to an aromatic ring is 1. The molecule has 1 amide bonds. The third-order valence-electron chi connectivity index (χ3n) is 5.92. The summed E-state index contributed by atoms with van der Waals surface area (Å²) in [5.41, 5.74) is 10.6. The quantitative estimate of drug-likeness (QED) is 0.584. The smallest absolute Gasteiger partial charge is 0.254 e. The zero-order valence-electron chi connectivity index (χ0n) is 18.7. The van der Waals surface area contributed by atoms with Gasteiger partial charge in [-0.2, -0.15) is 0 Å². The number of rotatable bonds is 3. The van der Waals surface area contributed by atoms with E-state index in [0.29, 0.717) is 24.6 Å². The summed E-state index contributed by atoms with van der Waals surface area (Å²) in [6.07, 6.45) is 0.939. The fourth-order valence-corrected chi connectivity index (χ4v) is 4.71. The zero-order valence-corrected chi connectivity index (χ0v) is 19.5. The summed E-state index contributed by atoms with van der Waals surface area (Å²) in [7, 11) is -3.73. The Morgan fingerprint density at radius 2 is 1.76 bits per heavy atom. The Labute approximate surface area is 192 Å². The Bertz CT molecular complexity index is 1370. The SMILES string of the molecule is Cc1ccc(-c2ccc3c(c2)CN(C(=O)c2ccc(S(C)(=O)=O)c(F)c2C)CCO3)cc1N. The molecule has 4 rings (SSSR count). The largest absolute Gasteiger partial charge is 0.491 e. The highest BCUT2D eigenvalue weighted by atomic mass is 32.2. The van der Waals surface area contributed by atoms with Crippen LogP contribution in [0.5, 0.6) is 5.75 Å². The van der Waals surface area contributed by atoms with Crippen molar-refractivity contribution in [3.05, 3.63) is 76.6 Å². The molecule has 0 unspecified atom stereocenters. The van der Waals surface area contributed by atoms with Crippen LogP contribution in [0.15, 0.2) is 53.4 Å². The summed E-state index contributed by atoms with van der Waals surface area (Å²) in [5, 5.41) is 0. The average Bonchev–Trinajstić information content (AvgIpc) is 2.98. The maximum Gasteiger partial charge on any atom is 0.254 e. The number of hydrogen-bond acceptors (Lipinski definition) is 5. The third-order valence-corrected chi connectivity index (χ3v) is 7.04. The van der Waals surface area contributed by atoms with Crippen molar-refractivity contribution < 1.29 is 22.3 Å². The lowest BCUT2D eigenvalue weighted by atomic mass is 10.00. The number of halogens is 1. The molecule has 33 heavy (non-hydrogen) atoms. The number of sulfone groups is 1. The lowest BCUT2D eigenvalue weighted by Crippen LogP contribution is -2.33. The normalized spacial score (nSPS) is 13.8. The summed E-state index contributed by atoms with van der Waals surface area (Å²) in [6.45, 7) is 4.24. The maximum atomic E-state index is 14.7. The molecule has 3 aromatic carbocycles. The number of nitrogens with two attached hydrogens (primary N) is 1. The molecule has 1 aliphatic heterocycles. The molecule has 172 valence electrons. The maximum absolute atomic E-state index is 14.7. The molecule has 0 radical (unpaired) electrons. The molecule has 1 heterocycles. The van der Waals surface area contributed by atoms with Crippen LogP contribution in [0.4, 0.5) is 10.1 Å². The van der Waals surface area contributed by atoms with Gasteiger partial charge in [0.05, 0.1) is 6.54 Å². The number of anilines is 1. The number of fused-ring (bicyclic) bond motifs is 1. The van der Waals surface area contributed by atoms with Crippen LogP contribution in [0.3, 0.4) is 0 Å². The topological polar surface area (TPSA) is 89.7 Å². The molecule has 0 aromatic heterocycles. The summed E-state index contributed by atoms with van der Waals surface area (Å²) in [6, 6.07) is 14.2. The third kappa shape index (κ3) is 4.43. The predicted molar refractivity (Wildman–Crippen MR) is 126 cm³/mol. The molecule has 0 bridgehead atoms. The fourth-order valence-electron chi connectivity index (χ4n) is 3.92. The Morgan fingerprint density at radius 1 is 1.06 bits per heavy atom. The number of ether oxygens (including phenoxy) is 1. The number of aryl methyl sites for hydroxylation is 1. The van der Waals surface area contributed by atoms with Gasteiger partial charge in [-0.25, -0.2) is 12.8 Å². The standard InChI is InChI=1S/C25H25FN2O4S/c1-15-4-5-18(13-21(15)27)17-6-8-22-19(12-17)14-28(10-11-32-22)25(29)20-7-9-23(33(3,30)31)24(26)16(20)2/h4-9,12-13H,10-11,14,27H2,1-3H3. The Hall–Kier alpha value is -3.39. The van der Waals surface area contributed by atoms with E-state index in [1.807, 2.05) is 43.3 Å². The second-order valence-corrected chi connectivity index (χ2v) is 10.3. The minimum atomic E-state index is -3.73. The monoisotopic (exact) mass is 468 g/mol. The van der Waals surface area contributed by atoms with Crippen LogP contribution in [-0.2, 0) is 16.4 Å². The van der Waals surface area contributed by atoms with E-state index in [1.165, 1.54) is 13.0 Å². The first kappa shape index (κ1) is 22.8. The highest BCUT2D eigenvalue weighted by Gasteiger charge is 2.26. The predicted octanol–water partition coefficient (Wildman–Crippen LogP) is 4.13. The van der Waals surface area contributed by atoms with Crippen molar-refractivity contribution >= 4 is 21.4 Å². The van der Waals surface area contributed by atoms with E-state index in [-0.39, 0.29) is 23.6 Å². The molecular weight excluding hydrogens is 443 g/mol. The van der Waals surface area contributed by atoms with Gasteiger partial charge in [0.2, 0.25) is 0 Å². The molecule has 0 saturated carbocycles. The van der Waals surface area contributed by atoms with Crippen LogP contribution in [0, 0.1) is 19.7 Å². The molecule has 6 nitrogen and oxygen atoms in total. The summed E-state index contributed by atoms with van der Waals surface area (Å²) < 4.78 is 44.2. The second kappa shape index (κ2) is 8.51. The van der Waals surface area contributed by atoms with Crippen LogP contribution in [0.2, 0.25) is 0 Å². The highest BCUT2D eigenvalue weighted by molar-refractivity contribution is 7.90. The van der Waals surface area contributed by atoms with E-state index in [2.05, 4.69) is 0 Å². The minimum Gasteiger partial charge on any atom is -0.491 e. The van der Waals surface area contributed by atoms with Crippen molar-refractivity contribution in [2.24, 2.45) is 0 Å². The van der Waals surface area contributed by atoms with Crippen molar-refractivity contribution in [2.75, 3.05) is 25.1 Å². The number of hydrogen-bond donors (Lipinski definition) is 1. The van der Waals surface area contributed by atoms with Gasteiger partial charge < -0.3 is 15.4 Å². The Kier molecular flexibility index (Phi) is 5.88. The van der Waals surface area contributed by atoms with Gasteiger partial charge in [0.25, 0.3) is 5.91 Å². The molecular formula is C25H25FN2O4S. The highest BCUT2D eigenvalue weighted by Crippen LogP contribution is 2.31. The lowest BCUT2D eigenvalue weighted by Gasteiger charge is -2.21. The molecule has 1 aliphatic rings. The van der Waals surface area contributed by atoms with E-state index in [9.17, 15) is 17.6 Å².